The quantitative estimate of drug-likeness (QED) is 0.741. The lowest BCUT2D eigenvalue weighted by Crippen LogP contribution is -2.33. The van der Waals surface area contributed by atoms with Crippen LogP contribution in [0.25, 0.3) is 11.3 Å². The number of carbonyl (C=O) groups is 1. The van der Waals surface area contributed by atoms with E-state index >= 15 is 0 Å². The topological polar surface area (TPSA) is 89.3 Å². The van der Waals surface area contributed by atoms with Crippen LogP contribution in [0.15, 0.2) is 41.2 Å². The summed E-state index contributed by atoms with van der Waals surface area (Å²) in [6, 6.07) is 11.3. The van der Waals surface area contributed by atoms with Crippen molar-refractivity contribution in [1.29, 1.82) is 0 Å². The predicted molar refractivity (Wildman–Crippen MR) is 115 cm³/mol. The van der Waals surface area contributed by atoms with Crippen LogP contribution in [-0.4, -0.2) is 53.9 Å². The SMILES string of the molecule is CS(=O)(=O)CCC(=O)N1CCC2(CCc3nc(-c4ccccc4)cc(=O)n3CC2)C1. The second kappa shape index (κ2) is 7.98. The van der Waals surface area contributed by atoms with Gasteiger partial charge in [-0.25, -0.2) is 13.4 Å². The Hall–Kier alpha value is -2.48. The number of nitrogens with zero attached hydrogens (tertiary/aromatic N) is 3. The van der Waals surface area contributed by atoms with Crippen LogP contribution in [0.3, 0.4) is 0 Å². The summed E-state index contributed by atoms with van der Waals surface area (Å²) in [6.45, 7) is 1.88. The molecule has 0 saturated carbocycles. The van der Waals surface area contributed by atoms with Gasteiger partial charge in [-0.3, -0.25) is 14.2 Å². The second-order valence-electron chi connectivity index (χ2n) is 8.61. The molecule has 0 radical (unpaired) electrons. The number of carbonyl (C=O) groups excluding carboxylic acids is 1. The van der Waals surface area contributed by atoms with Crippen molar-refractivity contribution in [3.8, 4) is 11.3 Å². The smallest absolute Gasteiger partial charge is 0.254 e. The van der Waals surface area contributed by atoms with E-state index in [1.807, 2.05) is 30.3 Å². The molecule has 2 aliphatic heterocycles. The van der Waals surface area contributed by atoms with Crippen LogP contribution in [0.1, 0.15) is 31.5 Å². The molecule has 1 saturated heterocycles. The van der Waals surface area contributed by atoms with E-state index in [4.69, 9.17) is 4.98 Å². The van der Waals surface area contributed by atoms with E-state index in [9.17, 15) is 18.0 Å². The van der Waals surface area contributed by atoms with Crippen molar-refractivity contribution in [1.82, 2.24) is 14.5 Å². The minimum absolute atomic E-state index is 0.0324. The van der Waals surface area contributed by atoms with Crippen molar-refractivity contribution in [2.24, 2.45) is 5.41 Å². The average molecular weight is 430 g/mol. The Morgan fingerprint density at radius 2 is 1.87 bits per heavy atom. The Balaban J connectivity index is 1.49. The average Bonchev–Trinajstić information content (AvgIpc) is 3.05. The summed E-state index contributed by atoms with van der Waals surface area (Å²) in [5, 5.41) is 0. The monoisotopic (exact) mass is 429 g/mol. The van der Waals surface area contributed by atoms with Crippen LogP contribution in [0.2, 0.25) is 0 Å². The summed E-state index contributed by atoms with van der Waals surface area (Å²) in [5.41, 5.74) is 1.57. The van der Waals surface area contributed by atoms with Crippen molar-refractivity contribution in [3.05, 3.63) is 52.6 Å². The molecule has 1 spiro atoms. The van der Waals surface area contributed by atoms with Gasteiger partial charge in [0.25, 0.3) is 5.56 Å². The molecule has 7 nitrogen and oxygen atoms in total. The van der Waals surface area contributed by atoms with Crippen LogP contribution in [0.5, 0.6) is 0 Å². The summed E-state index contributed by atoms with van der Waals surface area (Å²) < 4.78 is 24.5. The normalized spacial score (nSPS) is 21.4. The standard InChI is InChI=1S/C22H27N3O4S/c1-30(28,29)14-8-20(26)24-12-10-22(16-24)9-7-19-23-18(17-5-3-2-4-6-17)15-21(27)25(19)13-11-22/h2-6,15H,7-14,16H2,1H3. The highest BCUT2D eigenvalue weighted by Gasteiger charge is 2.41. The number of rotatable bonds is 4. The van der Waals surface area contributed by atoms with Gasteiger partial charge >= 0.3 is 0 Å². The predicted octanol–water partition coefficient (Wildman–Crippen LogP) is 1.90. The molecule has 1 atom stereocenters. The van der Waals surface area contributed by atoms with Gasteiger partial charge in [-0.1, -0.05) is 30.3 Å². The molecule has 1 fully saturated rings. The third-order valence-corrected chi connectivity index (χ3v) is 7.32. The number of aryl methyl sites for hydroxylation is 1. The van der Waals surface area contributed by atoms with Gasteiger partial charge in [-0.2, -0.15) is 0 Å². The zero-order valence-electron chi connectivity index (χ0n) is 17.2. The van der Waals surface area contributed by atoms with Crippen molar-refractivity contribution in [2.45, 2.75) is 38.6 Å². The maximum atomic E-state index is 12.8. The maximum Gasteiger partial charge on any atom is 0.254 e. The zero-order chi connectivity index (χ0) is 21.4. The van der Waals surface area contributed by atoms with E-state index in [1.165, 1.54) is 0 Å². The Labute approximate surface area is 176 Å². The van der Waals surface area contributed by atoms with E-state index in [1.54, 1.807) is 15.5 Å². The highest BCUT2D eigenvalue weighted by Crippen LogP contribution is 2.40. The summed E-state index contributed by atoms with van der Waals surface area (Å²) >= 11 is 0. The van der Waals surface area contributed by atoms with Gasteiger partial charge < -0.3 is 4.90 Å². The van der Waals surface area contributed by atoms with Gasteiger partial charge in [0.2, 0.25) is 5.91 Å². The molecule has 3 heterocycles. The number of benzene rings is 1. The largest absolute Gasteiger partial charge is 0.342 e. The maximum absolute atomic E-state index is 12.8. The lowest BCUT2D eigenvalue weighted by atomic mass is 9.80. The molecule has 1 amide bonds. The first-order chi connectivity index (χ1) is 14.2. The van der Waals surface area contributed by atoms with Gasteiger partial charge in [0.15, 0.2) is 0 Å². The van der Waals surface area contributed by atoms with Gasteiger partial charge in [0, 0.05) is 50.4 Å². The van der Waals surface area contributed by atoms with Crippen LogP contribution in [0, 0.1) is 5.41 Å². The molecule has 2 aliphatic rings. The van der Waals surface area contributed by atoms with E-state index in [-0.39, 0.29) is 29.1 Å². The van der Waals surface area contributed by atoms with Crippen LogP contribution in [-0.2, 0) is 27.6 Å². The highest BCUT2D eigenvalue weighted by atomic mass is 32.2. The van der Waals surface area contributed by atoms with Gasteiger partial charge in [-0.15, -0.1) is 0 Å². The summed E-state index contributed by atoms with van der Waals surface area (Å²) in [4.78, 5) is 31.8. The molecular formula is C22H27N3O4S. The molecule has 0 N–H and O–H groups in total. The molecule has 2 aromatic rings. The molecule has 30 heavy (non-hydrogen) atoms. The van der Waals surface area contributed by atoms with Gasteiger partial charge in [-0.05, 0) is 24.7 Å². The van der Waals surface area contributed by atoms with Crippen molar-refractivity contribution >= 4 is 15.7 Å². The van der Waals surface area contributed by atoms with Crippen LogP contribution < -0.4 is 5.56 Å². The minimum atomic E-state index is -3.15. The number of sulfone groups is 1. The zero-order valence-corrected chi connectivity index (χ0v) is 18.0. The summed E-state index contributed by atoms with van der Waals surface area (Å²) in [7, 11) is -3.15. The number of amides is 1. The van der Waals surface area contributed by atoms with Crippen molar-refractivity contribution in [2.75, 3.05) is 25.1 Å². The van der Waals surface area contributed by atoms with Gasteiger partial charge in [0.1, 0.15) is 15.7 Å². The first-order valence-corrected chi connectivity index (χ1v) is 12.4. The lowest BCUT2D eigenvalue weighted by molar-refractivity contribution is -0.130. The Bertz CT molecular complexity index is 1110. The highest BCUT2D eigenvalue weighted by molar-refractivity contribution is 7.90. The number of aromatic nitrogens is 2. The van der Waals surface area contributed by atoms with E-state index in [2.05, 4.69) is 0 Å². The van der Waals surface area contributed by atoms with Crippen molar-refractivity contribution < 1.29 is 13.2 Å². The number of hydrogen-bond acceptors (Lipinski definition) is 5. The van der Waals surface area contributed by atoms with E-state index < -0.39 is 9.84 Å². The van der Waals surface area contributed by atoms with Crippen LogP contribution in [0.4, 0.5) is 0 Å². The fourth-order valence-corrected chi connectivity index (χ4v) is 5.12. The fraction of sp³-hybridized carbons (Fsp3) is 0.500. The van der Waals surface area contributed by atoms with Crippen molar-refractivity contribution in [3.63, 3.8) is 0 Å². The van der Waals surface area contributed by atoms with E-state index in [0.717, 1.165) is 36.9 Å². The Morgan fingerprint density at radius 3 is 2.60 bits per heavy atom. The molecule has 1 aromatic carbocycles. The molecule has 0 bridgehead atoms. The third kappa shape index (κ3) is 4.48. The molecule has 1 aromatic heterocycles. The van der Waals surface area contributed by atoms with Crippen LogP contribution >= 0.6 is 0 Å². The van der Waals surface area contributed by atoms with Gasteiger partial charge in [0.05, 0.1) is 11.4 Å². The molecule has 160 valence electrons. The third-order valence-electron chi connectivity index (χ3n) is 6.38. The first-order valence-electron chi connectivity index (χ1n) is 10.4. The summed E-state index contributed by atoms with van der Waals surface area (Å²) in [5.74, 6) is 0.600. The first kappa shape index (κ1) is 20.8. The number of likely N-dealkylation sites (tertiary alicyclic amines) is 1. The number of hydrogen-bond donors (Lipinski definition) is 0. The number of fused-ring (bicyclic) bond motifs is 1. The second-order valence-corrected chi connectivity index (χ2v) is 10.9. The molecule has 4 rings (SSSR count). The lowest BCUT2D eigenvalue weighted by Gasteiger charge is -2.27. The molecule has 1 unspecified atom stereocenters. The minimum Gasteiger partial charge on any atom is -0.342 e. The molecule has 0 aliphatic carbocycles. The molecular weight excluding hydrogens is 402 g/mol. The Kier molecular flexibility index (Phi) is 5.53. The fourth-order valence-electron chi connectivity index (χ4n) is 4.58. The van der Waals surface area contributed by atoms with E-state index in [0.29, 0.717) is 31.7 Å². The summed E-state index contributed by atoms with van der Waals surface area (Å²) in [6.07, 6.45) is 4.46. The Morgan fingerprint density at radius 1 is 1.13 bits per heavy atom. The molecule has 8 heteroatoms.